The summed E-state index contributed by atoms with van der Waals surface area (Å²) in [5.74, 6) is -0.348. The van der Waals surface area contributed by atoms with E-state index in [0.717, 1.165) is 0 Å². The van der Waals surface area contributed by atoms with Crippen molar-refractivity contribution in [2.24, 2.45) is 0 Å². The van der Waals surface area contributed by atoms with Crippen LogP contribution < -0.4 is 5.32 Å². The molecule has 0 saturated heterocycles. The molecule has 142 valence electrons. The molecule has 1 aromatic heterocycles. The molecule has 7 nitrogen and oxygen atoms in total. The lowest BCUT2D eigenvalue weighted by Gasteiger charge is -2.19. The smallest absolute Gasteiger partial charge is 0.256 e. The molecular formula is C20H17N3O4S. The predicted octanol–water partition coefficient (Wildman–Crippen LogP) is 3.09. The van der Waals surface area contributed by atoms with Crippen LogP contribution in [-0.2, 0) is 9.84 Å². The molecule has 0 saturated carbocycles. The van der Waals surface area contributed by atoms with E-state index < -0.39 is 15.7 Å². The van der Waals surface area contributed by atoms with Gasteiger partial charge < -0.3 is 5.32 Å². The van der Waals surface area contributed by atoms with Crippen LogP contribution in [-0.4, -0.2) is 29.9 Å². The van der Waals surface area contributed by atoms with Crippen molar-refractivity contribution in [3.63, 3.8) is 0 Å². The molecule has 1 amide bonds. The van der Waals surface area contributed by atoms with Crippen molar-refractivity contribution in [2.45, 2.75) is 29.7 Å². The molecule has 1 N–H and O–H groups in total. The van der Waals surface area contributed by atoms with Gasteiger partial charge >= 0.3 is 0 Å². The first-order chi connectivity index (χ1) is 13.3. The Kier molecular flexibility index (Phi) is 4.15. The highest BCUT2D eigenvalue weighted by Crippen LogP contribution is 2.34. The Hall–Kier alpha value is -3.26. The predicted molar refractivity (Wildman–Crippen MR) is 102 cm³/mol. The molecule has 0 unspecified atom stereocenters. The molecule has 1 aliphatic rings. The van der Waals surface area contributed by atoms with Crippen LogP contribution in [0, 0.1) is 0 Å². The lowest BCUT2D eigenvalue weighted by atomic mass is 10.0. The van der Waals surface area contributed by atoms with Gasteiger partial charge in [0, 0.05) is 28.8 Å². The average molecular weight is 395 g/mol. The molecule has 0 atom stereocenters. The minimum atomic E-state index is -3.89. The van der Waals surface area contributed by atoms with Crippen LogP contribution in [0.3, 0.4) is 0 Å². The average Bonchev–Trinajstić information content (AvgIpc) is 3.14. The van der Waals surface area contributed by atoms with E-state index in [1.165, 1.54) is 30.3 Å². The van der Waals surface area contributed by atoms with E-state index in [4.69, 9.17) is 0 Å². The first-order valence-electron chi connectivity index (χ1n) is 8.68. The van der Waals surface area contributed by atoms with Crippen molar-refractivity contribution < 1.29 is 18.0 Å². The molecule has 1 aliphatic heterocycles. The second-order valence-electron chi connectivity index (χ2n) is 6.75. The summed E-state index contributed by atoms with van der Waals surface area (Å²) in [4.78, 5) is 25.2. The van der Waals surface area contributed by atoms with Gasteiger partial charge in [-0.05, 0) is 44.2 Å². The van der Waals surface area contributed by atoms with E-state index in [1.807, 2.05) is 13.8 Å². The Morgan fingerprint density at radius 2 is 1.75 bits per heavy atom. The van der Waals surface area contributed by atoms with Crippen LogP contribution in [0.15, 0.2) is 64.5 Å². The van der Waals surface area contributed by atoms with Crippen LogP contribution in [0.25, 0.3) is 0 Å². The van der Waals surface area contributed by atoms with Crippen LogP contribution in [0.5, 0.6) is 0 Å². The minimum Gasteiger partial charge on any atom is -0.307 e. The number of carbonyl (C=O) groups is 2. The lowest BCUT2D eigenvalue weighted by Crippen LogP contribution is -2.22. The summed E-state index contributed by atoms with van der Waals surface area (Å²) in [5, 5.41) is 6.89. The standard InChI is InChI=1S/C20H17N3O4S/c1-12(2)23-18(9-10-21-23)22-20(25)13-7-8-15-17(11-13)28(26,27)16-6-4-3-5-14(16)19(15)24/h3-12H,1-2H3,(H,22,25). The number of carbonyl (C=O) groups excluding carboxylic acids is 2. The van der Waals surface area contributed by atoms with Gasteiger partial charge in [-0.3, -0.25) is 9.59 Å². The molecule has 4 rings (SSSR count). The third kappa shape index (κ3) is 2.73. The molecule has 2 aromatic carbocycles. The van der Waals surface area contributed by atoms with E-state index in [9.17, 15) is 18.0 Å². The highest BCUT2D eigenvalue weighted by Gasteiger charge is 2.35. The minimum absolute atomic E-state index is 0.0389. The van der Waals surface area contributed by atoms with Crippen molar-refractivity contribution in [1.29, 1.82) is 0 Å². The highest BCUT2D eigenvalue weighted by atomic mass is 32.2. The Morgan fingerprint density at radius 1 is 1.04 bits per heavy atom. The highest BCUT2D eigenvalue weighted by molar-refractivity contribution is 7.91. The zero-order chi connectivity index (χ0) is 20.1. The second-order valence-corrected chi connectivity index (χ2v) is 8.64. The fraction of sp³-hybridized carbons (Fsp3) is 0.150. The van der Waals surface area contributed by atoms with Gasteiger partial charge in [0.15, 0.2) is 5.78 Å². The Bertz CT molecular complexity index is 1230. The number of rotatable bonds is 3. The fourth-order valence-corrected chi connectivity index (χ4v) is 4.92. The number of anilines is 1. The van der Waals surface area contributed by atoms with Gasteiger partial charge in [0.1, 0.15) is 5.82 Å². The van der Waals surface area contributed by atoms with Crippen molar-refractivity contribution in [1.82, 2.24) is 9.78 Å². The van der Waals surface area contributed by atoms with Crippen molar-refractivity contribution in [2.75, 3.05) is 5.32 Å². The number of nitrogens with zero attached hydrogens (tertiary/aromatic N) is 2. The number of hydrogen-bond acceptors (Lipinski definition) is 5. The first kappa shape index (κ1) is 18.1. The molecule has 0 fully saturated rings. The van der Waals surface area contributed by atoms with Gasteiger partial charge in [-0.2, -0.15) is 5.10 Å². The molecule has 0 spiro atoms. The summed E-state index contributed by atoms with van der Waals surface area (Å²) in [5.41, 5.74) is 0.363. The van der Waals surface area contributed by atoms with Gasteiger partial charge in [-0.1, -0.05) is 12.1 Å². The summed E-state index contributed by atoms with van der Waals surface area (Å²) in [6, 6.07) is 11.9. The SMILES string of the molecule is CC(C)n1nccc1NC(=O)c1ccc2c(c1)S(=O)(=O)c1ccccc1C2=O. The quantitative estimate of drug-likeness (QED) is 0.575. The van der Waals surface area contributed by atoms with Gasteiger partial charge in [-0.15, -0.1) is 0 Å². The monoisotopic (exact) mass is 395 g/mol. The number of sulfone groups is 1. The molecule has 3 aromatic rings. The number of amides is 1. The van der Waals surface area contributed by atoms with Crippen molar-refractivity contribution in [3.05, 3.63) is 71.4 Å². The van der Waals surface area contributed by atoms with Crippen LogP contribution in [0.4, 0.5) is 5.82 Å². The molecule has 2 heterocycles. The molecule has 0 radical (unpaired) electrons. The van der Waals surface area contributed by atoms with E-state index in [-0.39, 0.29) is 38.3 Å². The number of hydrogen-bond donors (Lipinski definition) is 1. The maximum Gasteiger partial charge on any atom is 0.256 e. The van der Waals surface area contributed by atoms with E-state index in [0.29, 0.717) is 5.82 Å². The van der Waals surface area contributed by atoms with Crippen LogP contribution in [0.1, 0.15) is 46.2 Å². The number of aromatic nitrogens is 2. The zero-order valence-electron chi connectivity index (χ0n) is 15.2. The Balaban J connectivity index is 1.75. The third-order valence-electron chi connectivity index (χ3n) is 4.60. The third-order valence-corrected chi connectivity index (χ3v) is 6.45. The first-order valence-corrected chi connectivity index (χ1v) is 10.2. The molecule has 0 aliphatic carbocycles. The largest absolute Gasteiger partial charge is 0.307 e. The van der Waals surface area contributed by atoms with E-state index in [1.54, 1.807) is 29.1 Å². The summed E-state index contributed by atoms with van der Waals surface area (Å²) < 4.78 is 27.6. The van der Waals surface area contributed by atoms with Crippen LogP contribution in [0.2, 0.25) is 0 Å². The zero-order valence-corrected chi connectivity index (χ0v) is 16.0. The van der Waals surface area contributed by atoms with Gasteiger partial charge in [-0.25, -0.2) is 13.1 Å². The topological polar surface area (TPSA) is 98.1 Å². The van der Waals surface area contributed by atoms with Crippen LogP contribution >= 0.6 is 0 Å². The van der Waals surface area contributed by atoms with Gasteiger partial charge in [0.25, 0.3) is 5.91 Å². The summed E-state index contributed by atoms with van der Waals surface area (Å²) >= 11 is 0. The maximum atomic E-state index is 13.0. The summed E-state index contributed by atoms with van der Waals surface area (Å²) in [7, 11) is -3.89. The number of fused-ring (bicyclic) bond motifs is 2. The normalized spacial score (nSPS) is 14.5. The van der Waals surface area contributed by atoms with Crippen molar-refractivity contribution >= 4 is 27.3 Å². The van der Waals surface area contributed by atoms with E-state index in [2.05, 4.69) is 10.4 Å². The number of nitrogens with one attached hydrogen (secondary N) is 1. The molecule has 0 bridgehead atoms. The molecule has 8 heteroatoms. The molecule has 28 heavy (non-hydrogen) atoms. The Labute approximate surface area is 161 Å². The summed E-state index contributed by atoms with van der Waals surface area (Å²) in [6.45, 7) is 3.86. The molecular weight excluding hydrogens is 378 g/mol. The van der Waals surface area contributed by atoms with Gasteiger partial charge in [0.2, 0.25) is 9.84 Å². The summed E-state index contributed by atoms with van der Waals surface area (Å²) in [6.07, 6.45) is 1.57. The fourth-order valence-electron chi connectivity index (χ4n) is 3.24. The lowest BCUT2D eigenvalue weighted by molar-refractivity contribution is 0.101. The van der Waals surface area contributed by atoms with Gasteiger partial charge in [0.05, 0.1) is 16.0 Å². The van der Waals surface area contributed by atoms with Crippen molar-refractivity contribution in [3.8, 4) is 0 Å². The Morgan fingerprint density at radius 3 is 2.50 bits per heavy atom. The number of benzene rings is 2. The second kappa shape index (κ2) is 6.42. The maximum absolute atomic E-state index is 13.0. The number of ketones is 1. The van der Waals surface area contributed by atoms with E-state index >= 15 is 0 Å².